The Kier molecular flexibility index (Phi) is 0.856. The number of aliphatic hydroxyl groups excluding tert-OH is 1. The second-order valence-corrected chi connectivity index (χ2v) is 2.48. The first-order valence-electron chi connectivity index (χ1n) is 8.84. The van der Waals surface area contributed by atoms with Crippen molar-refractivity contribution in [3.05, 3.63) is 71.6 Å². The van der Waals surface area contributed by atoms with Gasteiger partial charge in [0.15, 0.2) is 0 Å². The highest BCUT2D eigenvalue weighted by atomic mass is 16.3. The van der Waals surface area contributed by atoms with Gasteiger partial charge in [0.05, 0.1) is 13.7 Å². The van der Waals surface area contributed by atoms with Crippen LogP contribution in [0, 0.1) is 0 Å². The van der Waals surface area contributed by atoms with Crippen LogP contribution in [0.1, 0.15) is 30.9 Å². The van der Waals surface area contributed by atoms with E-state index < -0.39 is 77.7 Å². The van der Waals surface area contributed by atoms with Crippen LogP contribution < -0.4 is 0 Å². The van der Waals surface area contributed by atoms with Crippen molar-refractivity contribution in [1.29, 1.82) is 0 Å². The fourth-order valence-corrected chi connectivity index (χ4v) is 0.937. The normalized spacial score (nSPS) is 20.4. The quantitative estimate of drug-likeness (QED) is 0.779. The molecule has 0 spiro atoms. The molecule has 2 rings (SSSR count). The molecule has 1 nitrogen and oxygen atoms in total. The standard InChI is InChI=1S/C13H12O/c14-13(11-7-3-1-4-8-11)12-9-5-2-6-10-12/h1-10,13-14H/i1D,2D,3D,4D,5D,6D,7D,8D,9D,10D. The number of aliphatic hydroxyl groups is 1. The van der Waals surface area contributed by atoms with Crippen LogP contribution in [-0.2, 0) is 0 Å². The van der Waals surface area contributed by atoms with E-state index in [0.717, 1.165) is 0 Å². The number of rotatable bonds is 2. The summed E-state index contributed by atoms with van der Waals surface area (Å²) in [5.41, 5.74) is -1.08. The highest BCUT2D eigenvalue weighted by molar-refractivity contribution is 5.29. The maximum Gasteiger partial charge on any atom is 0.104 e. The maximum absolute atomic E-state index is 10.5. The zero-order valence-corrected chi connectivity index (χ0v) is 7.02. The minimum absolute atomic E-state index is 0.542. The second kappa shape index (κ2) is 4.07. The van der Waals surface area contributed by atoms with Crippen LogP contribution in [-0.4, -0.2) is 5.11 Å². The minimum atomic E-state index is -1.97. The molecule has 0 radical (unpaired) electrons. The molecule has 0 aliphatic rings. The van der Waals surface area contributed by atoms with E-state index in [0.29, 0.717) is 0 Å². The Morgan fingerprint density at radius 1 is 0.786 bits per heavy atom. The molecule has 0 amide bonds. The Balaban J connectivity index is 2.84. The van der Waals surface area contributed by atoms with Crippen molar-refractivity contribution in [3.63, 3.8) is 0 Å². The van der Waals surface area contributed by atoms with Gasteiger partial charge < -0.3 is 5.11 Å². The summed E-state index contributed by atoms with van der Waals surface area (Å²) in [5, 5.41) is 10.5. The summed E-state index contributed by atoms with van der Waals surface area (Å²) in [4.78, 5) is 0. The summed E-state index contributed by atoms with van der Waals surface area (Å²) in [6.07, 6.45) is -1.97. The van der Waals surface area contributed by atoms with Gasteiger partial charge in [-0.1, -0.05) is 60.4 Å². The third kappa shape index (κ3) is 1.83. The van der Waals surface area contributed by atoms with Gasteiger partial charge >= 0.3 is 0 Å². The summed E-state index contributed by atoms with van der Waals surface area (Å²) in [5.74, 6) is 0. The zero-order chi connectivity index (χ0) is 18.5. The van der Waals surface area contributed by atoms with Crippen LogP contribution >= 0.6 is 0 Å². The van der Waals surface area contributed by atoms with E-state index in [2.05, 4.69) is 0 Å². The molecule has 0 aliphatic heterocycles. The molecule has 1 N–H and O–H groups in total. The second-order valence-electron chi connectivity index (χ2n) is 2.48. The largest absolute Gasteiger partial charge is 0.384 e. The van der Waals surface area contributed by atoms with Crippen molar-refractivity contribution < 1.29 is 18.8 Å². The summed E-state index contributed by atoms with van der Waals surface area (Å²) in [6, 6.07) is -6.81. The van der Waals surface area contributed by atoms with Crippen LogP contribution in [0.15, 0.2) is 60.4 Å². The molecular weight excluding hydrogens is 172 g/mol. The minimum Gasteiger partial charge on any atom is -0.384 e. The van der Waals surface area contributed by atoms with Gasteiger partial charge in [-0.3, -0.25) is 0 Å². The molecule has 2 aromatic rings. The van der Waals surface area contributed by atoms with Crippen molar-refractivity contribution in [2.45, 2.75) is 6.10 Å². The molecular formula is C13H12O. The number of hydrogen-bond acceptors (Lipinski definition) is 1. The maximum atomic E-state index is 10.5. The van der Waals surface area contributed by atoms with Gasteiger partial charge in [-0.25, -0.2) is 0 Å². The first-order chi connectivity index (χ1) is 11.0. The van der Waals surface area contributed by atoms with E-state index in [1.54, 1.807) is 0 Å². The van der Waals surface area contributed by atoms with Gasteiger partial charge in [-0.2, -0.15) is 0 Å². The predicted octanol–water partition coefficient (Wildman–Crippen LogP) is 2.77. The lowest BCUT2D eigenvalue weighted by atomic mass is 10.0. The molecule has 0 bridgehead atoms. The predicted molar refractivity (Wildman–Crippen MR) is 56.9 cm³/mol. The van der Waals surface area contributed by atoms with E-state index >= 15 is 0 Å². The lowest BCUT2D eigenvalue weighted by Crippen LogP contribution is -1.98. The molecule has 14 heavy (non-hydrogen) atoms. The van der Waals surface area contributed by atoms with Crippen LogP contribution in [0.5, 0.6) is 0 Å². The van der Waals surface area contributed by atoms with E-state index in [1.165, 1.54) is 0 Å². The highest BCUT2D eigenvalue weighted by Gasteiger charge is 2.07. The van der Waals surface area contributed by atoms with Gasteiger partial charge in [-0.15, -0.1) is 0 Å². The Morgan fingerprint density at radius 3 is 1.50 bits per heavy atom. The Morgan fingerprint density at radius 2 is 1.14 bits per heavy atom. The van der Waals surface area contributed by atoms with Crippen LogP contribution in [0.2, 0.25) is 0 Å². The van der Waals surface area contributed by atoms with Gasteiger partial charge in [-0.05, 0) is 11.1 Å². The van der Waals surface area contributed by atoms with Crippen LogP contribution in [0.3, 0.4) is 0 Å². The Bertz CT molecular complexity index is 720. The SMILES string of the molecule is [2H]c1c([2H])c([2H])c(C(O)c2c([2H])c([2H])c([2H])c([2H])c2[2H])c([2H])c1[2H]. The average Bonchev–Trinajstić information content (AvgIpc) is 2.55. The third-order valence-corrected chi connectivity index (χ3v) is 1.59. The molecule has 70 valence electrons. The third-order valence-electron chi connectivity index (χ3n) is 1.59. The Hall–Kier alpha value is -1.60. The van der Waals surface area contributed by atoms with Crippen molar-refractivity contribution >= 4 is 0 Å². The lowest BCUT2D eigenvalue weighted by Gasteiger charge is -2.10. The molecule has 0 fully saturated rings. The van der Waals surface area contributed by atoms with Crippen molar-refractivity contribution in [1.82, 2.24) is 0 Å². The lowest BCUT2D eigenvalue weighted by molar-refractivity contribution is 0.220. The molecule has 0 atom stereocenters. The van der Waals surface area contributed by atoms with E-state index in [9.17, 15) is 5.11 Å². The Labute approximate surface area is 97.7 Å². The highest BCUT2D eigenvalue weighted by Crippen LogP contribution is 2.20. The van der Waals surface area contributed by atoms with Crippen LogP contribution in [0.25, 0.3) is 0 Å². The topological polar surface area (TPSA) is 20.2 Å². The molecule has 0 heterocycles. The average molecular weight is 194 g/mol. The molecule has 1 heteroatoms. The van der Waals surface area contributed by atoms with Crippen LogP contribution in [0.4, 0.5) is 0 Å². The fourth-order valence-electron chi connectivity index (χ4n) is 0.937. The molecule has 0 aliphatic carbocycles. The number of hydrogen-bond donors (Lipinski definition) is 1. The molecule has 2 aromatic carbocycles. The molecule has 0 aromatic heterocycles. The van der Waals surface area contributed by atoms with Crippen molar-refractivity contribution in [2.75, 3.05) is 0 Å². The monoisotopic (exact) mass is 194 g/mol. The van der Waals surface area contributed by atoms with E-state index in [-0.39, 0.29) is 0 Å². The van der Waals surface area contributed by atoms with Gasteiger partial charge in [0.1, 0.15) is 6.10 Å². The molecule has 0 saturated carbocycles. The zero-order valence-electron chi connectivity index (χ0n) is 17.0. The first kappa shape index (κ1) is 2.94. The first-order valence-corrected chi connectivity index (χ1v) is 3.84. The summed E-state index contributed by atoms with van der Waals surface area (Å²) in [6.45, 7) is 0. The smallest absolute Gasteiger partial charge is 0.104 e. The summed E-state index contributed by atoms with van der Waals surface area (Å²) < 4.78 is 76.7. The molecule has 0 unspecified atom stereocenters. The van der Waals surface area contributed by atoms with Gasteiger partial charge in [0, 0.05) is 0 Å². The van der Waals surface area contributed by atoms with Crippen molar-refractivity contribution in [3.8, 4) is 0 Å². The van der Waals surface area contributed by atoms with Crippen molar-refractivity contribution in [2.24, 2.45) is 0 Å². The molecule has 0 saturated heterocycles. The summed E-state index contributed by atoms with van der Waals surface area (Å²) >= 11 is 0. The summed E-state index contributed by atoms with van der Waals surface area (Å²) in [7, 11) is 0. The van der Waals surface area contributed by atoms with Gasteiger partial charge in [0.2, 0.25) is 0 Å². The van der Waals surface area contributed by atoms with E-state index in [4.69, 9.17) is 13.7 Å². The van der Waals surface area contributed by atoms with E-state index in [1.807, 2.05) is 0 Å². The van der Waals surface area contributed by atoms with Gasteiger partial charge in [0.25, 0.3) is 0 Å². The number of benzene rings is 2. The fraction of sp³-hybridized carbons (Fsp3) is 0.0769.